The van der Waals surface area contributed by atoms with Crippen LogP contribution in [0.1, 0.15) is 27.0 Å². The van der Waals surface area contributed by atoms with Gasteiger partial charge in [-0.3, -0.25) is 4.79 Å². The maximum Gasteiger partial charge on any atom is 0.251 e. The SMILES string of the molecule is N#Cc1cccc2[nH]c(NCc3ccc(C(=O)NCc4ccccc4)cc3)nc12. The van der Waals surface area contributed by atoms with Gasteiger partial charge in [0, 0.05) is 18.7 Å². The molecule has 0 unspecified atom stereocenters. The third-order valence-electron chi connectivity index (χ3n) is 4.61. The van der Waals surface area contributed by atoms with Crippen molar-refractivity contribution < 1.29 is 4.79 Å². The average molecular weight is 381 g/mol. The van der Waals surface area contributed by atoms with Crippen molar-refractivity contribution in [3.05, 3.63) is 95.1 Å². The number of hydrogen-bond acceptors (Lipinski definition) is 4. The van der Waals surface area contributed by atoms with Crippen LogP contribution in [0.3, 0.4) is 0 Å². The Kier molecular flexibility index (Phi) is 5.21. The molecule has 0 saturated heterocycles. The Labute approximate surface area is 168 Å². The van der Waals surface area contributed by atoms with Gasteiger partial charge in [-0.25, -0.2) is 4.98 Å². The fraction of sp³-hybridized carbons (Fsp3) is 0.0870. The highest BCUT2D eigenvalue weighted by Crippen LogP contribution is 2.18. The van der Waals surface area contributed by atoms with Crippen molar-refractivity contribution in [2.24, 2.45) is 0 Å². The Morgan fingerprint density at radius 1 is 0.931 bits per heavy atom. The standard InChI is InChI=1S/C23H19N5O/c24-13-19-7-4-8-20-21(19)28-23(27-20)26-15-17-9-11-18(12-10-17)22(29)25-14-16-5-2-1-3-6-16/h1-12H,14-15H2,(H,25,29)(H2,26,27,28). The van der Waals surface area contributed by atoms with Crippen molar-refractivity contribution in [3.8, 4) is 6.07 Å². The van der Waals surface area contributed by atoms with E-state index in [4.69, 9.17) is 5.26 Å². The van der Waals surface area contributed by atoms with Crippen LogP contribution in [0.5, 0.6) is 0 Å². The quantitative estimate of drug-likeness (QED) is 0.471. The Morgan fingerprint density at radius 3 is 2.45 bits per heavy atom. The molecule has 0 aliphatic heterocycles. The lowest BCUT2D eigenvalue weighted by atomic mass is 10.1. The zero-order valence-corrected chi connectivity index (χ0v) is 15.6. The number of nitriles is 1. The van der Waals surface area contributed by atoms with Crippen molar-refractivity contribution in [1.82, 2.24) is 15.3 Å². The van der Waals surface area contributed by atoms with Crippen LogP contribution in [0.15, 0.2) is 72.8 Å². The summed E-state index contributed by atoms with van der Waals surface area (Å²) in [6.45, 7) is 1.05. The van der Waals surface area contributed by atoms with Crippen molar-refractivity contribution in [3.63, 3.8) is 0 Å². The molecule has 0 aliphatic carbocycles. The molecule has 1 heterocycles. The minimum atomic E-state index is -0.102. The Hall–Kier alpha value is -4.11. The van der Waals surface area contributed by atoms with Gasteiger partial charge in [-0.1, -0.05) is 48.5 Å². The van der Waals surface area contributed by atoms with Crippen molar-refractivity contribution in [1.29, 1.82) is 5.26 Å². The second-order valence-corrected chi connectivity index (χ2v) is 6.62. The molecule has 1 amide bonds. The predicted molar refractivity (Wildman–Crippen MR) is 112 cm³/mol. The molecule has 0 spiro atoms. The van der Waals surface area contributed by atoms with Gasteiger partial charge >= 0.3 is 0 Å². The maximum absolute atomic E-state index is 12.3. The molecule has 0 bridgehead atoms. The maximum atomic E-state index is 12.3. The summed E-state index contributed by atoms with van der Waals surface area (Å²) in [6, 6.07) is 24.9. The molecule has 4 aromatic rings. The van der Waals surface area contributed by atoms with Gasteiger partial charge in [-0.2, -0.15) is 5.26 Å². The first-order valence-corrected chi connectivity index (χ1v) is 9.27. The van der Waals surface area contributed by atoms with Gasteiger partial charge in [0.15, 0.2) is 0 Å². The van der Waals surface area contributed by atoms with Crippen molar-refractivity contribution in [2.75, 3.05) is 5.32 Å². The Morgan fingerprint density at radius 2 is 1.69 bits per heavy atom. The fourth-order valence-corrected chi connectivity index (χ4v) is 3.05. The van der Waals surface area contributed by atoms with E-state index >= 15 is 0 Å². The van der Waals surface area contributed by atoms with E-state index in [0.717, 1.165) is 16.6 Å². The molecule has 6 nitrogen and oxygen atoms in total. The van der Waals surface area contributed by atoms with Crippen LogP contribution in [0.4, 0.5) is 5.95 Å². The number of amides is 1. The normalized spacial score (nSPS) is 10.4. The zero-order valence-electron chi connectivity index (χ0n) is 15.6. The zero-order chi connectivity index (χ0) is 20.1. The molecular weight excluding hydrogens is 362 g/mol. The number of nitrogens with zero attached hydrogens (tertiary/aromatic N) is 2. The molecule has 3 aromatic carbocycles. The van der Waals surface area contributed by atoms with E-state index < -0.39 is 0 Å². The van der Waals surface area contributed by atoms with Crippen LogP contribution in [0, 0.1) is 11.3 Å². The first kappa shape index (κ1) is 18.3. The summed E-state index contributed by atoms with van der Waals surface area (Å²) in [4.78, 5) is 19.9. The molecular formula is C23H19N5O. The van der Waals surface area contributed by atoms with Gasteiger partial charge in [0.05, 0.1) is 11.1 Å². The molecule has 1 aromatic heterocycles. The molecule has 142 valence electrons. The van der Waals surface area contributed by atoms with E-state index in [1.807, 2.05) is 66.7 Å². The molecule has 0 atom stereocenters. The first-order valence-electron chi connectivity index (χ1n) is 9.27. The van der Waals surface area contributed by atoms with Gasteiger partial charge in [0.25, 0.3) is 5.91 Å². The molecule has 0 fully saturated rings. The van der Waals surface area contributed by atoms with Crippen LogP contribution in [0.25, 0.3) is 11.0 Å². The summed E-state index contributed by atoms with van der Waals surface area (Å²) in [5.74, 6) is 0.502. The smallest absolute Gasteiger partial charge is 0.251 e. The van der Waals surface area contributed by atoms with E-state index in [-0.39, 0.29) is 5.91 Å². The third kappa shape index (κ3) is 4.25. The number of aromatic nitrogens is 2. The minimum absolute atomic E-state index is 0.102. The Bertz CT molecular complexity index is 1170. The van der Waals surface area contributed by atoms with Crippen LogP contribution < -0.4 is 10.6 Å². The number of rotatable bonds is 6. The number of carbonyl (C=O) groups excluding carboxylic acids is 1. The number of nitrogens with one attached hydrogen (secondary N) is 3. The number of hydrogen-bond donors (Lipinski definition) is 3. The molecule has 29 heavy (non-hydrogen) atoms. The molecule has 4 rings (SSSR count). The largest absolute Gasteiger partial charge is 0.352 e. The number of imidazole rings is 1. The summed E-state index contributed by atoms with van der Waals surface area (Å²) < 4.78 is 0. The molecule has 3 N–H and O–H groups in total. The van der Waals surface area contributed by atoms with E-state index in [0.29, 0.717) is 35.7 Å². The summed E-state index contributed by atoms with van der Waals surface area (Å²) in [5, 5.41) is 15.3. The molecule has 0 aliphatic rings. The van der Waals surface area contributed by atoms with E-state index in [2.05, 4.69) is 26.7 Å². The summed E-state index contributed by atoms with van der Waals surface area (Å²) in [5.41, 5.74) is 4.71. The van der Waals surface area contributed by atoms with Gasteiger partial charge in [0.2, 0.25) is 5.95 Å². The van der Waals surface area contributed by atoms with Crippen LogP contribution >= 0.6 is 0 Å². The number of H-pyrrole nitrogens is 1. The highest BCUT2D eigenvalue weighted by molar-refractivity contribution is 5.94. The van der Waals surface area contributed by atoms with E-state index in [9.17, 15) is 4.79 Å². The lowest BCUT2D eigenvalue weighted by Crippen LogP contribution is -2.22. The lowest BCUT2D eigenvalue weighted by Gasteiger charge is -2.07. The minimum Gasteiger partial charge on any atom is -0.352 e. The second kappa shape index (κ2) is 8.28. The van der Waals surface area contributed by atoms with Crippen LogP contribution in [0.2, 0.25) is 0 Å². The molecule has 0 radical (unpaired) electrons. The number of fused-ring (bicyclic) bond motifs is 1. The monoisotopic (exact) mass is 381 g/mol. The van der Waals surface area contributed by atoms with Gasteiger partial charge < -0.3 is 15.6 Å². The molecule has 0 saturated carbocycles. The number of anilines is 1. The van der Waals surface area contributed by atoms with Crippen LogP contribution in [-0.4, -0.2) is 15.9 Å². The predicted octanol–water partition coefficient (Wildman–Crippen LogP) is 3.98. The van der Waals surface area contributed by atoms with E-state index in [1.54, 1.807) is 6.07 Å². The first-order chi connectivity index (χ1) is 14.2. The van der Waals surface area contributed by atoms with Crippen molar-refractivity contribution >= 4 is 22.9 Å². The highest BCUT2D eigenvalue weighted by Gasteiger charge is 2.08. The summed E-state index contributed by atoms with van der Waals surface area (Å²) >= 11 is 0. The number of benzene rings is 3. The van der Waals surface area contributed by atoms with Gasteiger partial charge in [-0.15, -0.1) is 0 Å². The number of aromatic amines is 1. The second-order valence-electron chi connectivity index (χ2n) is 6.62. The topological polar surface area (TPSA) is 93.6 Å². The van der Waals surface area contributed by atoms with Crippen molar-refractivity contribution in [2.45, 2.75) is 13.1 Å². The fourth-order valence-electron chi connectivity index (χ4n) is 3.05. The average Bonchev–Trinajstić information content (AvgIpc) is 3.20. The Balaban J connectivity index is 1.36. The lowest BCUT2D eigenvalue weighted by molar-refractivity contribution is 0.0951. The van der Waals surface area contributed by atoms with E-state index in [1.165, 1.54) is 0 Å². The van der Waals surface area contributed by atoms with Crippen LogP contribution in [-0.2, 0) is 13.1 Å². The summed E-state index contributed by atoms with van der Waals surface area (Å²) in [6.07, 6.45) is 0. The number of carbonyl (C=O) groups is 1. The third-order valence-corrected chi connectivity index (χ3v) is 4.61. The summed E-state index contributed by atoms with van der Waals surface area (Å²) in [7, 11) is 0. The molecule has 6 heteroatoms. The number of para-hydroxylation sites is 1. The highest BCUT2D eigenvalue weighted by atomic mass is 16.1. The van der Waals surface area contributed by atoms with Gasteiger partial charge in [-0.05, 0) is 35.4 Å². The van der Waals surface area contributed by atoms with Gasteiger partial charge in [0.1, 0.15) is 11.6 Å².